The van der Waals surface area contributed by atoms with Crippen molar-refractivity contribution < 1.29 is 14.7 Å². The molecule has 1 aliphatic rings. The first-order valence-electron chi connectivity index (χ1n) is 5.21. The molecule has 0 spiro atoms. The Morgan fingerprint density at radius 2 is 2.18 bits per heavy atom. The summed E-state index contributed by atoms with van der Waals surface area (Å²) in [4.78, 5) is 24.3. The van der Waals surface area contributed by atoms with Crippen LogP contribution in [0.5, 0.6) is 0 Å². The van der Waals surface area contributed by atoms with Crippen LogP contribution >= 0.6 is 0 Å². The van der Waals surface area contributed by atoms with Crippen LogP contribution < -0.4 is 4.90 Å². The van der Waals surface area contributed by atoms with Crippen molar-refractivity contribution in [2.45, 2.75) is 18.9 Å². The van der Waals surface area contributed by atoms with Crippen LogP contribution in [-0.2, 0) is 16.0 Å². The number of rotatable bonds is 2. The Morgan fingerprint density at radius 3 is 2.82 bits per heavy atom. The molecule has 0 saturated heterocycles. The fourth-order valence-corrected chi connectivity index (χ4v) is 2.06. The first kappa shape index (κ1) is 11.2. The van der Waals surface area contributed by atoms with Gasteiger partial charge in [0.15, 0.2) is 0 Å². The highest BCUT2D eigenvalue weighted by atomic mass is 16.4. The fourth-order valence-electron chi connectivity index (χ4n) is 2.06. The van der Waals surface area contributed by atoms with Crippen LogP contribution in [0.4, 0.5) is 5.69 Å². The van der Waals surface area contributed by atoms with Gasteiger partial charge in [-0.2, -0.15) is 0 Å². The molecule has 17 heavy (non-hydrogen) atoms. The summed E-state index contributed by atoms with van der Waals surface area (Å²) in [5, 5.41) is 9.13. The van der Waals surface area contributed by atoms with E-state index in [4.69, 9.17) is 11.5 Å². The van der Waals surface area contributed by atoms with Gasteiger partial charge in [0.25, 0.3) is 0 Å². The quantitative estimate of drug-likeness (QED) is 0.771. The SMILES string of the molecule is C#CCC(=O)N1c2ccccc2C[C@H]1C(=O)O. The molecule has 1 aromatic rings. The molecule has 0 aromatic heterocycles. The van der Waals surface area contributed by atoms with Crippen LogP contribution in [-0.4, -0.2) is 23.0 Å². The van der Waals surface area contributed by atoms with Crippen molar-refractivity contribution in [1.82, 2.24) is 0 Å². The van der Waals surface area contributed by atoms with Gasteiger partial charge in [-0.25, -0.2) is 4.79 Å². The van der Waals surface area contributed by atoms with E-state index in [1.807, 2.05) is 12.1 Å². The summed E-state index contributed by atoms with van der Waals surface area (Å²) in [6.45, 7) is 0. The summed E-state index contributed by atoms with van der Waals surface area (Å²) < 4.78 is 0. The molecule has 1 amide bonds. The van der Waals surface area contributed by atoms with E-state index in [1.165, 1.54) is 4.90 Å². The van der Waals surface area contributed by atoms with Crippen LogP contribution in [0.2, 0.25) is 0 Å². The third-order valence-corrected chi connectivity index (χ3v) is 2.78. The van der Waals surface area contributed by atoms with Gasteiger partial charge in [-0.15, -0.1) is 6.42 Å². The van der Waals surface area contributed by atoms with E-state index in [0.717, 1.165) is 5.56 Å². The molecule has 0 aliphatic carbocycles. The number of para-hydroxylation sites is 1. The van der Waals surface area contributed by atoms with Crippen molar-refractivity contribution in [2.75, 3.05) is 4.90 Å². The van der Waals surface area contributed by atoms with E-state index in [9.17, 15) is 9.59 Å². The van der Waals surface area contributed by atoms with Crippen LogP contribution in [0.15, 0.2) is 24.3 Å². The predicted molar refractivity (Wildman–Crippen MR) is 62.5 cm³/mol. The van der Waals surface area contributed by atoms with Crippen LogP contribution in [0, 0.1) is 12.3 Å². The molecule has 2 rings (SSSR count). The van der Waals surface area contributed by atoms with Crippen molar-refractivity contribution >= 4 is 17.6 Å². The number of anilines is 1. The number of aliphatic carboxylic acids is 1. The lowest BCUT2D eigenvalue weighted by Gasteiger charge is -2.21. The molecule has 1 heterocycles. The third kappa shape index (κ3) is 1.87. The van der Waals surface area contributed by atoms with Crippen molar-refractivity contribution in [2.24, 2.45) is 0 Å². The van der Waals surface area contributed by atoms with Gasteiger partial charge in [0, 0.05) is 12.1 Å². The fraction of sp³-hybridized carbons (Fsp3) is 0.231. The summed E-state index contributed by atoms with van der Waals surface area (Å²) in [6.07, 6.45) is 5.34. The smallest absolute Gasteiger partial charge is 0.327 e. The van der Waals surface area contributed by atoms with E-state index >= 15 is 0 Å². The monoisotopic (exact) mass is 229 g/mol. The zero-order valence-corrected chi connectivity index (χ0v) is 9.09. The molecule has 0 unspecified atom stereocenters. The van der Waals surface area contributed by atoms with E-state index in [0.29, 0.717) is 12.1 Å². The molecule has 86 valence electrons. The molecule has 1 N–H and O–H groups in total. The topological polar surface area (TPSA) is 57.6 Å². The molecule has 0 saturated carbocycles. The number of hydrogen-bond acceptors (Lipinski definition) is 2. The second-order valence-corrected chi connectivity index (χ2v) is 3.83. The van der Waals surface area contributed by atoms with Gasteiger partial charge in [-0.05, 0) is 11.6 Å². The molecule has 4 nitrogen and oxygen atoms in total. The van der Waals surface area contributed by atoms with Crippen molar-refractivity contribution in [3.05, 3.63) is 29.8 Å². The van der Waals surface area contributed by atoms with E-state index in [2.05, 4.69) is 5.92 Å². The number of fused-ring (bicyclic) bond motifs is 1. The lowest BCUT2D eigenvalue weighted by molar-refractivity contribution is -0.139. The molecule has 1 aliphatic heterocycles. The van der Waals surface area contributed by atoms with Gasteiger partial charge in [0.2, 0.25) is 5.91 Å². The van der Waals surface area contributed by atoms with Gasteiger partial charge in [-0.1, -0.05) is 24.1 Å². The number of carbonyl (C=O) groups excluding carboxylic acids is 1. The zero-order chi connectivity index (χ0) is 12.4. The molecule has 1 aromatic carbocycles. The molecule has 0 bridgehead atoms. The summed E-state index contributed by atoms with van der Waals surface area (Å²) >= 11 is 0. The molecular formula is C13H11NO3. The third-order valence-electron chi connectivity index (χ3n) is 2.78. The molecule has 0 radical (unpaired) electrons. The number of carbonyl (C=O) groups is 2. The number of amides is 1. The van der Waals surface area contributed by atoms with Gasteiger partial charge < -0.3 is 5.11 Å². The lowest BCUT2D eigenvalue weighted by atomic mass is 10.1. The summed E-state index contributed by atoms with van der Waals surface area (Å²) in [5.74, 6) is 0.900. The van der Waals surface area contributed by atoms with Crippen LogP contribution in [0.3, 0.4) is 0 Å². The largest absolute Gasteiger partial charge is 0.480 e. The van der Waals surface area contributed by atoms with Crippen molar-refractivity contribution in [3.8, 4) is 12.3 Å². The number of carboxylic acids is 1. The Labute approximate surface area is 98.9 Å². The Hall–Kier alpha value is -2.28. The standard InChI is InChI=1S/C13H11NO3/c1-2-5-12(15)14-10-7-4-3-6-9(10)8-11(14)13(16)17/h1,3-4,6-7,11H,5,8H2,(H,16,17)/t11-/m0/s1. The minimum absolute atomic E-state index is 0.0852. The molecule has 1 atom stereocenters. The Morgan fingerprint density at radius 1 is 1.47 bits per heavy atom. The van der Waals surface area contributed by atoms with Gasteiger partial charge in [-0.3, -0.25) is 9.69 Å². The average Bonchev–Trinajstić information content (AvgIpc) is 2.68. The highest BCUT2D eigenvalue weighted by molar-refractivity contribution is 6.02. The number of terminal acetylenes is 1. The number of carboxylic acid groups (broad SMARTS) is 1. The highest BCUT2D eigenvalue weighted by Gasteiger charge is 2.37. The molecule has 0 fully saturated rings. The first-order chi connectivity index (χ1) is 8.15. The number of nitrogens with zero attached hydrogens (tertiary/aromatic N) is 1. The Bertz CT molecular complexity index is 516. The average molecular weight is 229 g/mol. The second kappa shape index (κ2) is 4.30. The van der Waals surface area contributed by atoms with Gasteiger partial charge in [0.1, 0.15) is 6.04 Å². The zero-order valence-electron chi connectivity index (χ0n) is 9.09. The van der Waals surface area contributed by atoms with Crippen LogP contribution in [0.25, 0.3) is 0 Å². The lowest BCUT2D eigenvalue weighted by Crippen LogP contribution is -2.42. The second-order valence-electron chi connectivity index (χ2n) is 3.83. The van der Waals surface area contributed by atoms with Gasteiger partial charge in [0.05, 0.1) is 6.42 Å². The number of hydrogen-bond donors (Lipinski definition) is 1. The predicted octanol–water partition coefficient (Wildman–Crippen LogP) is 1.05. The highest BCUT2D eigenvalue weighted by Crippen LogP contribution is 2.32. The van der Waals surface area contributed by atoms with Crippen molar-refractivity contribution in [3.63, 3.8) is 0 Å². The van der Waals surface area contributed by atoms with Crippen LogP contribution in [0.1, 0.15) is 12.0 Å². The molecular weight excluding hydrogens is 218 g/mol. The first-order valence-corrected chi connectivity index (χ1v) is 5.21. The normalized spacial score (nSPS) is 17.4. The number of benzene rings is 1. The van der Waals surface area contributed by atoms with E-state index < -0.39 is 12.0 Å². The van der Waals surface area contributed by atoms with E-state index in [1.54, 1.807) is 12.1 Å². The maximum Gasteiger partial charge on any atom is 0.327 e. The van der Waals surface area contributed by atoms with Gasteiger partial charge >= 0.3 is 5.97 Å². The Kier molecular flexibility index (Phi) is 2.84. The molecule has 4 heteroatoms. The summed E-state index contributed by atoms with van der Waals surface area (Å²) in [6, 6.07) is 6.33. The Balaban J connectivity index is 2.41. The maximum atomic E-state index is 11.8. The van der Waals surface area contributed by atoms with Crippen molar-refractivity contribution in [1.29, 1.82) is 0 Å². The summed E-state index contributed by atoms with van der Waals surface area (Å²) in [7, 11) is 0. The minimum atomic E-state index is -1.01. The minimum Gasteiger partial charge on any atom is -0.480 e. The van der Waals surface area contributed by atoms with E-state index in [-0.39, 0.29) is 12.3 Å². The summed E-state index contributed by atoms with van der Waals surface area (Å²) in [5.41, 5.74) is 1.52. The maximum absolute atomic E-state index is 11.8.